The van der Waals surface area contributed by atoms with Crippen LogP contribution < -0.4 is 0 Å². The van der Waals surface area contributed by atoms with Crippen molar-refractivity contribution in [2.75, 3.05) is 6.61 Å². The van der Waals surface area contributed by atoms with E-state index < -0.39 is 0 Å². The van der Waals surface area contributed by atoms with E-state index in [-0.39, 0.29) is 12.5 Å². The molecule has 4 rings (SSSR count). The van der Waals surface area contributed by atoms with Crippen LogP contribution in [0.5, 0.6) is 0 Å². The highest BCUT2D eigenvalue weighted by atomic mass is 16.5. The van der Waals surface area contributed by atoms with Crippen molar-refractivity contribution in [3.63, 3.8) is 0 Å². The zero-order valence-corrected chi connectivity index (χ0v) is 14.1. The van der Waals surface area contributed by atoms with Crippen LogP contribution in [0.3, 0.4) is 0 Å². The topological polar surface area (TPSA) is 41.9 Å². The maximum atomic E-state index is 12.2. The summed E-state index contributed by atoms with van der Waals surface area (Å²) in [5, 5.41) is 5.94. The number of hydrogen-bond acceptors (Lipinski definition) is 3. The maximum Gasteiger partial charge on any atom is 0.281 e. The molecular weight excluding hydrogens is 312 g/mol. The van der Waals surface area contributed by atoms with E-state index in [1.807, 2.05) is 42.5 Å². The predicted molar refractivity (Wildman–Crippen MR) is 96.0 cm³/mol. The Labute approximate surface area is 148 Å². The fraction of sp³-hybridized carbons (Fsp3) is 0.333. The molecule has 1 amide bonds. The quantitative estimate of drug-likeness (QED) is 0.852. The SMILES string of the molecule is O=C1COC(c2ccccc2)=NN1Cc1cc[c]c(C2CCCC2)c1. The van der Waals surface area contributed by atoms with E-state index in [9.17, 15) is 4.79 Å². The first kappa shape index (κ1) is 15.9. The highest BCUT2D eigenvalue weighted by Crippen LogP contribution is 2.34. The van der Waals surface area contributed by atoms with E-state index in [1.165, 1.54) is 36.3 Å². The normalized spacial score (nSPS) is 18.2. The predicted octanol–water partition coefficient (Wildman–Crippen LogP) is 3.86. The second-order valence-corrected chi connectivity index (χ2v) is 6.64. The first-order valence-electron chi connectivity index (χ1n) is 8.87. The molecule has 1 radical (unpaired) electrons. The van der Waals surface area contributed by atoms with Crippen molar-refractivity contribution in [2.24, 2.45) is 5.10 Å². The molecular formula is C21H21N2O2. The molecule has 0 aromatic heterocycles. The van der Waals surface area contributed by atoms with Crippen molar-refractivity contribution in [3.8, 4) is 0 Å². The largest absolute Gasteiger partial charge is 0.466 e. The summed E-state index contributed by atoms with van der Waals surface area (Å²) in [5.41, 5.74) is 3.24. The Balaban J connectivity index is 1.54. The lowest BCUT2D eigenvalue weighted by molar-refractivity contribution is -0.136. The van der Waals surface area contributed by atoms with E-state index in [2.05, 4.69) is 17.2 Å². The fourth-order valence-electron chi connectivity index (χ4n) is 3.52. The number of hydrogen-bond donors (Lipinski definition) is 0. The smallest absolute Gasteiger partial charge is 0.281 e. The zero-order valence-electron chi connectivity index (χ0n) is 14.1. The molecule has 4 heteroatoms. The number of amides is 1. The van der Waals surface area contributed by atoms with E-state index in [0.717, 1.165) is 11.1 Å². The Bertz CT molecular complexity index is 779. The van der Waals surface area contributed by atoms with Crippen LogP contribution in [0.2, 0.25) is 0 Å². The van der Waals surface area contributed by atoms with Crippen molar-refractivity contribution in [2.45, 2.75) is 38.1 Å². The van der Waals surface area contributed by atoms with Gasteiger partial charge < -0.3 is 4.74 Å². The van der Waals surface area contributed by atoms with Gasteiger partial charge in [-0.1, -0.05) is 49.2 Å². The van der Waals surface area contributed by atoms with Gasteiger partial charge in [0, 0.05) is 5.56 Å². The molecule has 1 aliphatic carbocycles. The maximum absolute atomic E-state index is 12.2. The molecule has 0 bridgehead atoms. The van der Waals surface area contributed by atoms with E-state index >= 15 is 0 Å². The molecule has 0 unspecified atom stereocenters. The van der Waals surface area contributed by atoms with E-state index in [1.54, 1.807) is 0 Å². The van der Waals surface area contributed by atoms with Gasteiger partial charge in [-0.25, -0.2) is 5.01 Å². The molecule has 1 fully saturated rings. The summed E-state index contributed by atoms with van der Waals surface area (Å²) in [6.45, 7) is 0.495. The number of nitrogens with zero attached hydrogens (tertiary/aromatic N) is 2. The van der Waals surface area contributed by atoms with Gasteiger partial charge in [0.05, 0.1) is 6.54 Å². The fourth-order valence-corrected chi connectivity index (χ4v) is 3.52. The molecule has 0 spiro atoms. The molecule has 2 aromatic carbocycles. The van der Waals surface area contributed by atoms with Gasteiger partial charge in [-0.15, -0.1) is 5.10 Å². The van der Waals surface area contributed by atoms with Gasteiger partial charge in [-0.05, 0) is 48.1 Å². The minimum atomic E-state index is -0.116. The third-order valence-electron chi connectivity index (χ3n) is 4.87. The van der Waals surface area contributed by atoms with Crippen LogP contribution in [0.15, 0.2) is 53.6 Å². The average molecular weight is 333 g/mol. The van der Waals surface area contributed by atoms with Crippen LogP contribution >= 0.6 is 0 Å². The van der Waals surface area contributed by atoms with Gasteiger partial charge >= 0.3 is 0 Å². The number of hydrazone groups is 1. The van der Waals surface area contributed by atoms with Crippen LogP contribution in [0.25, 0.3) is 0 Å². The number of benzene rings is 2. The molecule has 2 aromatic rings. The van der Waals surface area contributed by atoms with Gasteiger partial charge in [0.1, 0.15) is 0 Å². The van der Waals surface area contributed by atoms with Crippen LogP contribution in [-0.2, 0) is 16.1 Å². The lowest BCUT2D eigenvalue weighted by Crippen LogP contribution is -2.36. The molecule has 0 N–H and O–H groups in total. The molecule has 2 aliphatic rings. The van der Waals surface area contributed by atoms with Crippen molar-refractivity contribution >= 4 is 11.8 Å². The number of carbonyl (C=O) groups is 1. The van der Waals surface area contributed by atoms with Crippen LogP contribution in [0, 0.1) is 6.07 Å². The molecule has 0 atom stereocenters. The monoisotopic (exact) mass is 333 g/mol. The zero-order chi connectivity index (χ0) is 17.1. The minimum Gasteiger partial charge on any atom is -0.466 e. The Hall–Kier alpha value is -2.62. The van der Waals surface area contributed by atoms with Crippen LogP contribution in [0.1, 0.15) is 48.3 Å². The molecule has 25 heavy (non-hydrogen) atoms. The molecule has 0 saturated heterocycles. The number of ether oxygens (including phenoxy) is 1. The van der Waals surface area contributed by atoms with Gasteiger partial charge in [0.2, 0.25) is 5.90 Å². The van der Waals surface area contributed by atoms with E-state index in [4.69, 9.17) is 4.74 Å². The summed E-state index contributed by atoms with van der Waals surface area (Å²) in [5.74, 6) is 0.998. The summed E-state index contributed by atoms with van der Waals surface area (Å²) >= 11 is 0. The van der Waals surface area contributed by atoms with Gasteiger partial charge in [0.15, 0.2) is 6.61 Å². The van der Waals surface area contributed by atoms with Crippen molar-refractivity contribution in [3.05, 3.63) is 71.3 Å². The Morgan fingerprint density at radius 2 is 1.96 bits per heavy atom. The lowest BCUT2D eigenvalue weighted by Gasteiger charge is -2.24. The standard InChI is InChI=1S/C21H21N2O2/c24-20-15-25-21(18-10-2-1-3-11-18)22-23(20)14-16-7-6-12-19(13-16)17-8-4-5-9-17/h1-3,6-7,10-11,13,17H,4-5,8-9,14-15H2. The Morgan fingerprint density at radius 3 is 2.76 bits per heavy atom. The molecule has 1 aliphatic heterocycles. The summed E-state index contributed by atoms with van der Waals surface area (Å²) in [6, 6.07) is 19.2. The molecule has 1 saturated carbocycles. The van der Waals surface area contributed by atoms with Crippen molar-refractivity contribution in [1.29, 1.82) is 0 Å². The van der Waals surface area contributed by atoms with Gasteiger partial charge in [-0.2, -0.15) is 0 Å². The average Bonchev–Trinajstić information content (AvgIpc) is 3.19. The minimum absolute atomic E-state index is 0.0299. The van der Waals surface area contributed by atoms with Crippen molar-refractivity contribution < 1.29 is 9.53 Å². The van der Waals surface area contributed by atoms with Crippen LogP contribution in [-0.4, -0.2) is 23.4 Å². The third kappa shape index (κ3) is 3.58. The molecule has 1 heterocycles. The highest BCUT2D eigenvalue weighted by molar-refractivity contribution is 5.97. The molecule has 127 valence electrons. The second-order valence-electron chi connectivity index (χ2n) is 6.64. The first-order chi connectivity index (χ1) is 12.3. The summed E-state index contributed by atoms with van der Waals surface area (Å²) in [6.07, 6.45) is 5.09. The summed E-state index contributed by atoms with van der Waals surface area (Å²) in [4.78, 5) is 12.2. The number of carbonyl (C=O) groups excluding carboxylic acids is 1. The van der Waals surface area contributed by atoms with Gasteiger partial charge in [-0.3, -0.25) is 4.79 Å². The first-order valence-corrected chi connectivity index (χ1v) is 8.87. The number of rotatable bonds is 4. The summed E-state index contributed by atoms with van der Waals surface area (Å²) < 4.78 is 5.50. The lowest BCUT2D eigenvalue weighted by atomic mass is 9.96. The van der Waals surface area contributed by atoms with E-state index in [0.29, 0.717) is 18.4 Å². The second kappa shape index (κ2) is 7.09. The highest BCUT2D eigenvalue weighted by Gasteiger charge is 2.23. The Morgan fingerprint density at radius 1 is 1.16 bits per heavy atom. The summed E-state index contributed by atoms with van der Waals surface area (Å²) in [7, 11) is 0. The van der Waals surface area contributed by atoms with Gasteiger partial charge in [0.25, 0.3) is 5.91 Å². The molecule has 4 nitrogen and oxygen atoms in total. The third-order valence-corrected chi connectivity index (χ3v) is 4.87. The van der Waals surface area contributed by atoms with Crippen molar-refractivity contribution in [1.82, 2.24) is 5.01 Å². The van der Waals surface area contributed by atoms with Crippen LogP contribution in [0.4, 0.5) is 0 Å². The Kier molecular flexibility index (Phi) is 4.51.